The van der Waals surface area contributed by atoms with Crippen molar-refractivity contribution in [2.45, 2.75) is 12.7 Å². The van der Waals surface area contributed by atoms with Crippen LogP contribution in [0.15, 0.2) is 35.8 Å². The summed E-state index contributed by atoms with van der Waals surface area (Å²) in [6.45, 7) is 0.204. The Labute approximate surface area is 170 Å². The molecule has 5 nitrogen and oxygen atoms in total. The number of hydrogen-bond acceptors (Lipinski definition) is 7. The number of ether oxygens (including phenoxy) is 2. The molecule has 0 saturated heterocycles. The number of rotatable bonds is 6. The summed E-state index contributed by atoms with van der Waals surface area (Å²) in [7, 11) is 1.23. The predicted molar refractivity (Wildman–Crippen MR) is 102 cm³/mol. The van der Waals surface area contributed by atoms with E-state index in [0.717, 1.165) is 28.3 Å². The quantitative estimate of drug-likeness (QED) is 0.464. The molecule has 2 heterocycles. The van der Waals surface area contributed by atoms with Crippen molar-refractivity contribution < 1.29 is 27.4 Å². The maximum atomic E-state index is 13.1. The third-order valence-corrected chi connectivity index (χ3v) is 5.50. The third-order valence-electron chi connectivity index (χ3n) is 3.51. The lowest BCUT2D eigenvalue weighted by Gasteiger charge is -2.15. The van der Waals surface area contributed by atoms with Crippen molar-refractivity contribution in [1.29, 1.82) is 0 Å². The number of halogens is 4. The van der Waals surface area contributed by atoms with Crippen molar-refractivity contribution in [2.75, 3.05) is 12.4 Å². The lowest BCUT2D eigenvalue weighted by Crippen LogP contribution is -2.07. The number of anilines is 1. The van der Waals surface area contributed by atoms with E-state index in [4.69, 9.17) is 16.3 Å². The molecule has 0 atom stereocenters. The maximum absolute atomic E-state index is 13.1. The second-order valence-electron chi connectivity index (χ2n) is 5.35. The van der Waals surface area contributed by atoms with Crippen LogP contribution in [-0.2, 0) is 17.5 Å². The monoisotopic (exact) mass is 448 g/mol. The number of benzene rings is 1. The van der Waals surface area contributed by atoms with Crippen LogP contribution in [0.1, 0.15) is 20.1 Å². The summed E-state index contributed by atoms with van der Waals surface area (Å²) in [5.74, 6) is -0.265. The highest BCUT2D eigenvalue weighted by atomic mass is 35.5. The summed E-state index contributed by atoms with van der Waals surface area (Å²) in [6.07, 6.45) is -2.98. The zero-order chi connectivity index (χ0) is 20.3. The number of esters is 1. The number of hydrogen-bond donors (Lipinski definition) is 1. The molecule has 0 aliphatic heterocycles. The highest BCUT2D eigenvalue weighted by Gasteiger charge is 2.31. The molecule has 0 spiro atoms. The molecular formula is C17H12ClF3N2O3S2. The molecule has 3 rings (SSSR count). The van der Waals surface area contributed by atoms with Gasteiger partial charge >= 0.3 is 12.1 Å². The largest absolute Gasteiger partial charge is 0.465 e. The van der Waals surface area contributed by atoms with Gasteiger partial charge in [0.25, 0.3) is 0 Å². The van der Waals surface area contributed by atoms with Gasteiger partial charge in [-0.25, -0.2) is 9.78 Å². The predicted octanol–water partition coefficient (Wildman–Crippen LogP) is 6.07. The van der Waals surface area contributed by atoms with Gasteiger partial charge < -0.3 is 14.8 Å². The molecule has 0 aliphatic carbocycles. The number of nitrogens with zero attached hydrogens (tertiary/aromatic N) is 1. The molecule has 3 aromatic rings. The maximum Gasteiger partial charge on any atom is 0.416 e. The summed E-state index contributed by atoms with van der Waals surface area (Å²) in [6, 6.07) is 4.60. The van der Waals surface area contributed by atoms with E-state index < -0.39 is 17.7 Å². The first-order chi connectivity index (χ1) is 13.3. The van der Waals surface area contributed by atoms with Gasteiger partial charge in [0, 0.05) is 11.1 Å². The molecule has 0 radical (unpaired) electrons. The summed E-state index contributed by atoms with van der Waals surface area (Å²) in [4.78, 5) is 16.6. The van der Waals surface area contributed by atoms with Crippen molar-refractivity contribution in [3.05, 3.63) is 55.6 Å². The van der Waals surface area contributed by atoms with Crippen LogP contribution in [-0.4, -0.2) is 18.1 Å². The van der Waals surface area contributed by atoms with Crippen LogP contribution in [0.4, 0.5) is 18.9 Å². The average molecular weight is 449 g/mol. The van der Waals surface area contributed by atoms with Gasteiger partial charge in [0.1, 0.15) is 0 Å². The molecule has 0 aliphatic rings. The number of thiophene rings is 1. The zero-order valence-electron chi connectivity index (χ0n) is 14.2. The minimum atomic E-state index is -4.51. The minimum Gasteiger partial charge on any atom is -0.465 e. The molecule has 0 saturated carbocycles. The molecule has 28 heavy (non-hydrogen) atoms. The Morgan fingerprint density at radius 3 is 2.71 bits per heavy atom. The average Bonchev–Trinajstić information content (AvgIpc) is 3.28. The zero-order valence-corrected chi connectivity index (χ0v) is 16.6. The van der Waals surface area contributed by atoms with Crippen LogP contribution in [0, 0.1) is 0 Å². The molecule has 1 N–H and O–H groups in total. The fourth-order valence-corrected chi connectivity index (χ4v) is 3.87. The van der Waals surface area contributed by atoms with Crippen LogP contribution < -0.4 is 10.1 Å². The summed E-state index contributed by atoms with van der Waals surface area (Å²) in [5.41, 5.74) is -0.718. The lowest BCUT2D eigenvalue weighted by atomic mass is 10.1. The third kappa shape index (κ3) is 4.75. The number of methoxy groups -OCH3 is 1. The van der Waals surface area contributed by atoms with Crippen molar-refractivity contribution >= 4 is 45.9 Å². The van der Waals surface area contributed by atoms with Crippen molar-refractivity contribution in [1.82, 2.24) is 4.98 Å². The summed E-state index contributed by atoms with van der Waals surface area (Å²) >= 11 is 8.09. The van der Waals surface area contributed by atoms with Crippen LogP contribution in [0.2, 0.25) is 4.47 Å². The normalized spacial score (nSPS) is 11.3. The lowest BCUT2D eigenvalue weighted by molar-refractivity contribution is -0.137. The van der Waals surface area contributed by atoms with Gasteiger partial charge in [-0.2, -0.15) is 13.2 Å². The van der Waals surface area contributed by atoms with Crippen LogP contribution >= 0.6 is 34.3 Å². The SMILES string of the molecule is COC(=O)c1sccc1Oc1ccc(C(F)(F)F)cc1NCc1cnc(Cl)s1. The fourth-order valence-electron chi connectivity index (χ4n) is 2.22. The molecule has 11 heteroatoms. The van der Waals surface area contributed by atoms with Gasteiger partial charge in [-0.1, -0.05) is 11.6 Å². The summed E-state index contributed by atoms with van der Waals surface area (Å²) < 4.78 is 50.0. The van der Waals surface area contributed by atoms with E-state index in [1.54, 1.807) is 11.4 Å². The first-order valence-corrected chi connectivity index (χ1v) is 9.74. The van der Waals surface area contributed by atoms with E-state index in [9.17, 15) is 18.0 Å². The second-order valence-corrected chi connectivity index (χ2v) is 7.96. The van der Waals surface area contributed by atoms with Crippen LogP contribution in [0.25, 0.3) is 0 Å². The minimum absolute atomic E-state index is 0.112. The first kappa shape index (κ1) is 20.4. The Balaban J connectivity index is 1.91. The number of alkyl halides is 3. The number of aromatic nitrogens is 1. The van der Waals surface area contributed by atoms with E-state index in [2.05, 4.69) is 15.0 Å². The van der Waals surface area contributed by atoms with Gasteiger partial charge in [0.15, 0.2) is 20.8 Å². The van der Waals surface area contributed by atoms with Gasteiger partial charge in [0.2, 0.25) is 0 Å². The fraction of sp³-hybridized carbons (Fsp3) is 0.176. The standard InChI is InChI=1S/C17H12ClF3N2O3S2/c1-25-15(24)14-13(4-5-27-14)26-12-3-2-9(17(19,20)21)6-11(12)22-7-10-8-23-16(18)28-10/h2-6,8,22H,7H2,1H3. The molecule has 2 aromatic heterocycles. The highest BCUT2D eigenvalue weighted by molar-refractivity contribution is 7.15. The van der Waals surface area contributed by atoms with Gasteiger partial charge in [-0.3, -0.25) is 0 Å². The van der Waals surface area contributed by atoms with Crippen molar-refractivity contribution in [3.63, 3.8) is 0 Å². The number of thiazole rings is 1. The molecule has 0 bridgehead atoms. The van der Waals surface area contributed by atoms with Gasteiger partial charge in [0.05, 0.1) is 24.9 Å². The summed E-state index contributed by atoms with van der Waals surface area (Å²) in [5, 5.41) is 4.53. The van der Waals surface area contributed by atoms with Crippen LogP contribution in [0.5, 0.6) is 11.5 Å². The van der Waals surface area contributed by atoms with Gasteiger partial charge in [-0.05, 0) is 29.6 Å². The van der Waals surface area contributed by atoms with E-state index in [1.807, 2.05) is 0 Å². The Morgan fingerprint density at radius 1 is 1.29 bits per heavy atom. The Morgan fingerprint density at radius 2 is 2.07 bits per heavy atom. The molecule has 0 amide bonds. The molecular weight excluding hydrogens is 437 g/mol. The van der Waals surface area contributed by atoms with E-state index in [-0.39, 0.29) is 28.6 Å². The first-order valence-electron chi connectivity index (χ1n) is 7.67. The number of carbonyl (C=O) groups excluding carboxylic acids is 1. The van der Waals surface area contributed by atoms with E-state index in [0.29, 0.717) is 4.47 Å². The number of nitrogens with one attached hydrogen (secondary N) is 1. The number of carbonyl (C=O) groups is 1. The Bertz CT molecular complexity index is 988. The molecule has 0 fully saturated rings. The Kier molecular flexibility index (Phi) is 6.11. The van der Waals surface area contributed by atoms with Gasteiger partial charge in [-0.15, -0.1) is 22.7 Å². The second kappa shape index (κ2) is 8.38. The molecule has 0 unspecified atom stereocenters. The van der Waals surface area contributed by atoms with E-state index in [1.165, 1.54) is 30.7 Å². The van der Waals surface area contributed by atoms with Crippen LogP contribution in [0.3, 0.4) is 0 Å². The van der Waals surface area contributed by atoms with E-state index >= 15 is 0 Å². The van der Waals surface area contributed by atoms with Crippen molar-refractivity contribution in [3.8, 4) is 11.5 Å². The Hall–Kier alpha value is -2.30. The topological polar surface area (TPSA) is 60.5 Å². The highest BCUT2D eigenvalue weighted by Crippen LogP contribution is 2.39. The van der Waals surface area contributed by atoms with Crippen molar-refractivity contribution in [2.24, 2.45) is 0 Å². The molecule has 1 aromatic carbocycles. The molecule has 148 valence electrons. The smallest absolute Gasteiger partial charge is 0.416 e.